The van der Waals surface area contributed by atoms with Gasteiger partial charge in [0.15, 0.2) is 0 Å². The van der Waals surface area contributed by atoms with Crippen molar-refractivity contribution in [3.8, 4) is 0 Å². The van der Waals surface area contributed by atoms with Gasteiger partial charge in [-0.15, -0.1) is 0 Å². The molecule has 2 heterocycles. The van der Waals surface area contributed by atoms with Crippen molar-refractivity contribution in [2.24, 2.45) is 0 Å². The first-order valence-electron chi connectivity index (χ1n) is 10.2. The minimum Gasteiger partial charge on any atom is -0.444 e. The van der Waals surface area contributed by atoms with Gasteiger partial charge in [0, 0.05) is 22.0 Å². The number of anilines is 1. The fourth-order valence-electron chi connectivity index (χ4n) is 4.42. The van der Waals surface area contributed by atoms with Crippen LogP contribution in [0.15, 0.2) is 48.5 Å². The van der Waals surface area contributed by atoms with Gasteiger partial charge in [0.1, 0.15) is 5.60 Å². The Hall–Kier alpha value is -3.26. The molecule has 0 bridgehead atoms. The molecule has 32 heavy (non-hydrogen) atoms. The van der Waals surface area contributed by atoms with Gasteiger partial charge in [-0.25, -0.2) is 4.79 Å². The van der Waals surface area contributed by atoms with Crippen molar-refractivity contribution in [2.45, 2.75) is 44.9 Å². The van der Waals surface area contributed by atoms with E-state index in [0.717, 1.165) is 5.56 Å². The number of hydrogen-bond donors (Lipinski definition) is 1. The zero-order valence-corrected chi connectivity index (χ0v) is 18.8. The van der Waals surface area contributed by atoms with Crippen LogP contribution in [-0.4, -0.2) is 44.9 Å². The smallest absolute Gasteiger partial charge is 0.411 e. The van der Waals surface area contributed by atoms with E-state index in [1.54, 1.807) is 39.0 Å². The summed E-state index contributed by atoms with van der Waals surface area (Å²) in [5.74, 6) is -0.521. The van der Waals surface area contributed by atoms with Crippen LogP contribution in [0.2, 0.25) is 5.02 Å². The maximum atomic E-state index is 14.0. The molecule has 2 aromatic carbocycles. The number of ether oxygens (including phenoxy) is 1. The van der Waals surface area contributed by atoms with Crippen LogP contribution in [0.25, 0.3) is 0 Å². The summed E-state index contributed by atoms with van der Waals surface area (Å²) in [7, 11) is 0. The van der Waals surface area contributed by atoms with E-state index in [4.69, 9.17) is 16.3 Å². The SMILES string of the molecule is CC(C)(C)OC(=O)N1CC/C(=[N+](\[O-])O)C12C(=O)N(Cc1ccccc1)c1ccc(Cl)cc12. The number of carbonyl (C=O) groups is 2. The van der Waals surface area contributed by atoms with E-state index in [0.29, 0.717) is 16.3 Å². The molecule has 1 N–H and O–H groups in total. The Balaban J connectivity index is 1.91. The summed E-state index contributed by atoms with van der Waals surface area (Å²) in [6.07, 6.45) is -0.744. The summed E-state index contributed by atoms with van der Waals surface area (Å²) in [6, 6.07) is 14.2. The molecule has 1 atom stereocenters. The van der Waals surface area contributed by atoms with Crippen LogP contribution < -0.4 is 4.90 Å². The van der Waals surface area contributed by atoms with Crippen molar-refractivity contribution >= 4 is 35.0 Å². The molecule has 4 rings (SSSR count). The summed E-state index contributed by atoms with van der Waals surface area (Å²) in [5, 5.41) is 22.5. The number of amides is 2. The van der Waals surface area contributed by atoms with Crippen molar-refractivity contribution in [1.82, 2.24) is 4.90 Å². The predicted octanol–water partition coefficient (Wildman–Crippen LogP) is 4.06. The monoisotopic (exact) mass is 457 g/mol. The first-order valence-corrected chi connectivity index (χ1v) is 10.6. The zero-order chi connectivity index (χ0) is 23.3. The molecule has 8 nitrogen and oxygen atoms in total. The van der Waals surface area contributed by atoms with Crippen LogP contribution in [0.4, 0.5) is 10.5 Å². The van der Waals surface area contributed by atoms with E-state index in [-0.39, 0.29) is 30.1 Å². The second kappa shape index (κ2) is 7.70. The van der Waals surface area contributed by atoms with Gasteiger partial charge >= 0.3 is 6.09 Å². The molecule has 1 unspecified atom stereocenters. The predicted molar refractivity (Wildman–Crippen MR) is 119 cm³/mol. The van der Waals surface area contributed by atoms with Gasteiger partial charge in [-0.1, -0.05) is 41.9 Å². The highest BCUT2D eigenvalue weighted by molar-refractivity contribution is 6.31. The van der Waals surface area contributed by atoms with E-state index in [1.165, 1.54) is 9.80 Å². The highest BCUT2D eigenvalue weighted by atomic mass is 35.5. The third kappa shape index (κ3) is 3.44. The van der Waals surface area contributed by atoms with E-state index in [9.17, 15) is 20.0 Å². The van der Waals surface area contributed by atoms with Crippen molar-refractivity contribution in [1.29, 1.82) is 0 Å². The molecule has 9 heteroatoms. The van der Waals surface area contributed by atoms with Gasteiger partial charge in [-0.3, -0.25) is 14.9 Å². The lowest BCUT2D eigenvalue weighted by atomic mass is 9.87. The molecular formula is C23H24ClN3O5. The Labute approximate surface area is 190 Å². The molecule has 0 radical (unpaired) electrons. The zero-order valence-electron chi connectivity index (χ0n) is 18.0. The molecular weight excluding hydrogens is 434 g/mol. The van der Waals surface area contributed by atoms with E-state index in [1.807, 2.05) is 30.3 Å². The van der Waals surface area contributed by atoms with E-state index < -0.39 is 23.1 Å². The Morgan fingerprint density at radius 1 is 1.25 bits per heavy atom. The summed E-state index contributed by atoms with van der Waals surface area (Å²) in [4.78, 5) is 29.6. The molecule has 0 aliphatic carbocycles. The summed E-state index contributed by atoms with van der Waals surface area (Å²) < 4.78 is 5.55. The van der Waals surface area contributed by atoms with Crippen LogP contribution >= 0.6 is 11.6 Å². The Bertz CT molecular complexity index is 1110. The fourth-order valence-corrected chi connectivity index (χ4v) is 4.59. The average Bonchev–Trinajstić information content (AvgIpc) is 3.22. The molecule has 168 valence electrons. The normalized spacial score (nSPS) is 21.8. The first-order chi connectivity index (χ1) is 15.1. The Morgan fingerprint density at radius 3 is 2.56 bits per heavy atom. The lowest BCUT2D eigenvalue weighted by Crippen LogP contribution is -2.57. The number of fused-ring (bicyclic) bond motifs is 2. The molecule has 2 amide bonds. The molecule has 1 saturated heterocycles. The highest BCUT2D eigenvalue weighted by Gasteiger charge is 2.67. The molecule has 2 aliphatic rings. The topological polar surface area (TPSA) is 96.1 Å². The summed E-state index contributed by atoms with van der Waals surface area (Å²) in [6.45, 7) is 5.39. The second-order valence-corrected chi connectivity index (χ2v) is 9.29. The standard InChI is InChI=1S/C23H24ClN3O5/c1-22(2,3)32-21(29)26-12-11-19(27(30)31)23(26)17-13-16(24)9-10-18(17)25(20(23)28)14-15-7-5-4-6-8-15/h4-10,13H,11-12,14H2,1-3H3,(H,30,31). The molecule has 1 fully saturated rings. The van der Waals surface area contributed by atoms with Crippen molar-refractivity contribution in [3.05, 3.63) is 69.9 Å². The third-order valence-corrected chi connectivity index (χ3v) is 5.85. The average molecular weight is 458 g/mol. The molecule has 2 aliphatic heterocycles. The minimum absolute atomic E-state index is 0.0100. The van der Waals surface area contributed by atoms with Crippen LogP contribution in [0.3, 0.4) is 0 Å². The molecule has 1 spiro atoms. The highest BCUT2D eigenvalue weighted by Crippen LogP contribution is 2.50. The maximum Gasteiger partial charge on any atom is 0.411 e. The van der Waals surface area contributed by atoms with Crippen molar-refractivity contribution < 1.29 is 24.4 Å². The van der Waals surface area contributed by atoms with Gasteiger partial charge in [0.2, 0.25) is 5.54 Å². The van der Waals surface area contributed by atoms with Gasteiger partial charge in [0.25, 0.3) is 11.6 Å². The number of hydrogen-bond acceptors (Lipinski definition) is 5. The van der Waals surface area contributed by atoms with Crippen LogP contribution in [0, 0.1) is 5.21 Å². The number of carbonyl (C=O) groups excluding carboxylic acids is 2. The third-order valence-electron chi connectivity index (χ3n) is 5.62. The molecule has 0 saturated carbocycles. The van der Waals surface area contributed by atoms with Gasteiger partial charge in [-0.05, 0) is 44.5 Å². The lowest BCUT2D eigenvalue weighted by molar-refractivity contribution is -0.728. The summed E-state index contributed by atoms with van der Waals surface area (Å²) >= 11 is 6.27. The van der Waals surface area contributed by atoms with E-state index in [2.05, 4.69) is 0 Å². The van der Waals surface area contributed by atoms with Gasteiger partial charge < -0.3 is 14.8 Å². The lowest BCUT2D eigenvalue weighted by Gasteiger charge is -2.33. The summed E-state index contributed by atoms with van der Waals surface area (Å²) in [5.41, 5.74) is -1.07. The Morgan fingerprint density at radius 2 is 1.94 bits per heavy atom. The minimum atomic E-state index is -1.84. The number of rotatable bonds is 2. The van der Waals surface area contributed by atoms with Gasteiger partial charge in [-0.2, -0.15) is 0 Å². The van der Waals surface area contributed by atoms with Crippen molar-refractivity contribution in [3.63, 3.8) is 0 Å². The van der Waals surface area contributed by atoms with Crippen LogP contribution in [0.1, 0.15) is 38.3 Å². The molecule has 2 aromatic rings. The second-order valence-electron chi connectivity index (χ2n) is 8.85. The van der Waals surface area contributed by atoms with E-state index >= 15 is 0 Å². The number of nitrogens with zero attached hydrogens (tertiary/aromatic N) is 3. The maximum absolute atomic E-state index is 14.0. The number of likely N-dealkylation sites (tertiary alicyclic amines) is 1. The fraction of sp³-hybridized carbons (Fsp3) is 0.348. The van der Waals surface area contributed by atoms with Crippen molar-refractivity contribution in [2.75, 3.05) is 11.4 Å². The van der Waals surface area contributed by atoms with Crippen LogP contribution in [0.5, 0.6) is 0 Å². The quantitative estimate of drug-likeness (QED) is 0.416. The van der Waals surface area contributed by atoms with Crippen LogP contribution in [-0.2, 0) is 21.6 Å². The Kier molecular flexibility index (Phi) is 5.29. The number of halogens is 1. The van der Waals surface area contributed by atoms with Gasteiger partial charge in [0.05, 0.1) is 18.7 Å². The first kappa shape index (κ1) is 22.0. The number of benzene rings is 2. The largest absolute Gasteiger partial charge is 0.444 e. The molecule has 0 aromatic heterocycles.